The molecule has 98 valence electrons. The highest BCUT2D eigenvalue weighted by Crippen LogP contribution is 2.22. The Bertz CT molecular complexity index is 453. The van der Waals surface area contributed by atoms with E-state index in [1.54, 1.807) is 6.07 Å². The lowest BCUT2D eigenvalue weighted by Gasteiger charge is -2.31. The largest absolute Gasteiger partial charge is 0.312 e. The van der Waals surface area contributed by atoms with Crippen LogP contribution in [-0.4, -0.2) is 35.5 Å². The van der Waals surface area contributed by atoms with Gasteiger partial charge in [-0.1, -0.05) is 15.9 Å². The van der Waals surface area contributed by atoms with Crippen LogP contribution in [0.3, 0.4) is 0 Å². The van der Waals surface area contributed by atoms with Gasteiger partial charge in [0.05, 0.1) is 4.92 Å². The molecule has 18 heavy (non-hydrogen) atoms. The summed E-state index contributed by atoms with van der Waals surface area (Å²) in [5, 5.41) is 14.2. The molecule has 6 heteroatoms. The second-order valence-electron chi connectivity index (χ2n) is 4.67. The summed E-state index contributed by atoms with van der Waals surface area (Å²) in [6, 6.07) is 5.60. The van der Waals surface area contributed by atoms with Gasteiger partial charge >= 0.3 is 0 Å². The minimum absolute atomic E-state index is 0.141. The molecule has 2 rings (SSSR count). The summed E-state index contributed by atoms with van der Waals surface area (Å²) >= 11 is 3.32. The van der Waals surface area contributed by atoms with E-state index >= 15 is 0 Å². The first-order chi connectivity index (χ1) is 8.54. The van der Waals surface area contributed by atoms with Crippen LogP contribution in [0.4, 0.5) is 5.69 Å². The SMILES string of the molecule is C[C@H]1CN(Cc2cc(Br)cc([N+](=O)[O-])c2)CCN1. The minimum Gasteiger partial charge on any atom is -0.312 e. The average molecular weight is 314 g/mol. The molecular formula is C12H16BrN3O2. The van der Waals surface area contributed by atoms with Crippen LogP contribution in [0.1, 0.15) is 12.5 Å². The molecular weight excluding hydrogens is 298 g/mol. The number of rotatable bonds is 3. The number of nitrogens with zero attached hydrogens (tertiary/aromatic N) is 2. The smallest absolute Gasteiger partial charge is 0.270 e. The summed E-state index contributed by atoms with van der Waals surface area (Å²) in [7, 11) is 0. The molecule has 1 aromatic rings. The fraction of sp³-hybridized carbons (Fsp3) is 0.500. The van der Waals surface area contributed by atoms with E-state index < -0.39 is 0 Å². The van der Waals surface area contributed by atoms with Gasteiger partial charge in [-0.3, -0.25) is 15.0 Å². The number of nitro groups is 1. The quantitative estimate of drug-likeness (QED) is 0.686. The highest BCUT2D eigenvalue weighted by molar-refractivity contribution is 9.10. The fourth-order valence-corrected chi connectivity index (χ4v) is 2.77. The first kappa shape index (κ1) is 13.5. The van der Waals surface area contributed by atoms with Crippen molar-refractivity contribution >= 4 is 21.6 Å². The van der Waals surface area contributed by atoms with Crippen molar-refractivity contribution in [3.8, 4) is 0 Å². The molecule has 1 aliphatic heterocycles. The lowest BCUT2D eigenvalue weighted by molar-refractivity contribution is -0.385. The molecule has 0 radical (unpaired) electrons. The number of nitrogens with one attached hydrogen (secondary N) is 1. The molecule has 0 unspecified atom stereocenters. The highest BCUT2D eigenvalue weighted by Gasteiger charge is 2.17. The van der Waals surface area contributed by atoms with Crippen molar-refractivity contribution in [1.82, 2.24) is 10.2 Å². The summed E-state index contributed by atoms with van der Waals surface area (Å²) in [6.07, 6.45) is 0. The zero-order valence-corrected chi connectivity index (χ0v) is 11.8. The van der Waals surface area contributed by atoms with Crippen molar-refractivity contribution in [3.05, 3.63) is 38.3 Å². The van der Waals surface area contributed by atoms with Crippen molar-refractivity contribution in [2.75, 3.05) is 19.6 Å². The Morgan fingerprint density at radius 3 is 3.00 bits per heavy atom. The van der Waals surface area contributed by atoms with Crippen LogP contribution >= 0.6 is 15.9 Å². The van der Waals surface area contributed by atoms with Crippen LogP contribution in [0.2, 0.25) is 0 Å². The second-order valence-corrected chi connectivity index (χ2v) is 5.58. The van der Waals surface area contributed by atoms with Crippen molar-refractivity contribution < 1.29 is 4.92 Å². The number of nitro benzene ring substituents is 1. The molecule has 0 aliphatic carbocycles. The molecule has 0 spiro atoms. The third-order valence-electron chi connectivity index (χ3n) is 3.01. The lowest BCUT2D eigenvalue weighted by atomic mass is 10.1. The summed E-state index contributed by atoms with van der Waals surface area (Å²) in [5.74, 6) is 0. The normalized spacial score (nSPS) is 20.9. The topological polar surface area (TPSA) is 58.4 Å². The van der Waals surface area contributed by atoms with E-state index in [2.05, 4.69) is 33.1 Å². The Morgan fingerprint density at radius 1 is 1.56 bits per heavy atom. The van der Waals surface area contributed by atoms with Crippen LogP contribution in [0.15, 0.2) is 22.7 Å². The van der Waals surface area contributed by atoms with Crippen molar-refractivity contribution in [3.63, 3.8) is 0 Å². The number of hydrogen-bond acceptors (Lipinski definition) is 4. The predicted octanol–water partition coefficient (Wildman–Crippen LogP) is 2.15. The van der Waals surface area contributed by atoms with Crippen LogP contribution in [0, 0.1) is 10.1 Å². The number of hydrogen-bond donors (Lipinski definition) is 1. The summed E-state index contributed by atoms with van der Waals surface area (Å²) < 4.78 is 0.759. The van der Waals surface area contributed by atoms with Crippen LogP contribution in [0.5, 0.6) is 0 Å². The molecule has 1 N–H and O–H groups in total. The van der Waals surface area contributed by atoms with E-state index in [4.69, 9.17) is 0 Å². The standard InChI is InChI=1S/C12H16BrN3O2/c1-9-7-15(3-2-14-9)8-10-4-11(13)6-12(5-10)16(17)18/h4-6,9,14H,2-3,7-8H2,1H3/t9-/m0/s1. The van der Waals surface area contributed by atoms with E-state index in [0.29, 0.717) is 6.04 Å². The zero-order chi connectivity index (χ0) is 13.1. The first-order valence-electron chi connectivity index (χ1n) is 5.94. The van der Waals surface area contributed by atoms with E-state index in [9.17, 15) is 10.1 Å². The van der Waals surface area contributed by atoms with Gasteiger partial charge in [-0.05, 0) is 18.6 Å². The van der Waals surface area contributed by atoms with E-state index in [1.165, 1.54) is 6.07 Å². The van der Waals surface area contributed by atoms with Gasteiger partial charge in [-0.15, -0.1) is 0 Å². The molecule has 1 saturated heterocycles. The fourth-order valence-electron chi connectivity index (χ4n) is 2.24. The Hall–Kier alpha value is -0.980. The molecule has 5 nitrogen and oxygen atoms in total. The number of piperazine rings is 1. The van der Waals surface area contributed by atoms with Crippen LogP contribution < -0.4 is 5.32 Å². The summed E-state index contributed by atoms with van der Waals surface area (Å²) in [4.78, 5) is 12.8. The molecule has 1 aliphatic rings. The number of benzene rings is 1. The van der Waals surface area contributed by atoms with Crippen molar-refractivity contribution in [2.24, 2.45) is 0 Å². The van der Waals surface area contributed by atoms with Gasteiger partial charge in [0.2, 0.25) is 0 Å². The predicted molar refractivity (Wildman–Crippen MR) is 73.5 cm³/mol. The third kappa shape index (κ3) is 3.51. The monoisotopic (exact) mass is 313 g/mol. The second kappa shape index (κ2) is 5.77. The third-order valence-corrected chi connectivity index (χ3v) is 3.47. The van der Waals surface area contributed by atoms with Gasteiger partial charge in [0.25, 0.3) is 5.69 Å². The number of non-ortho nitro benzene ring substituents is 1. The van der Waals surface area contributed by atoms with Gasteiger partial charge in [0.15, 0.2) is 0 Å². The van der Waals surface area contributed by atoms with Gasteiger partial charge in [0, 0.05) is 48.8 Å². The highest BCUT2D eigenvalue weighted by atomic mass is 79.9. The molecule has 1 atom stereocenters. The van der Waals surface area contributed by atoms with Gasteiger partial charge in [-0.25, -0.2) is 0 Å². The maximum absolute atomic E-state index is 10.8. The molecule has 0 amide bonds. The van der Waals surface area contributed by atoms with Gasteiger partial charge < -0.3 is 5.32 Å². The lowest BCUT2D eigenvalue weighted by Crippen LogP contribution is -2.48. The molecule has 1 fully saturated rings. The van der Waals surface area contributed by atoms with E-state index in [1.807, 2.05) is 6.07 Å². The molecule has 0 saturated carbocycles. The maximum Gasteiger partial charge on any atom is 0.270 e. The molecule has 1 aromatic carbocycles. The molecule has 0 bridgehead atoms. The van der Waals surface area contributed by atoms with Crippen molar-refractivity contribution in [2.45, 2.75) is 19.5 Å². The summed E-state index contributed by atoms with van der Waals surface area (Å²) in [6.45, 7) is 5.82. The Morgan fingerprint density at radius 2 is 2.33 bits per heavy atom. The Labute approximate surface area is 114 Å². The Balaban J connectivity index is 2.10. The van der Waals surface area contributed by atoms with E-state index in [0.717, 1.165) is 36.2 Å². The Kier molecular flexibility index (Phi) is 4.31. The minimum atomic E-state index is -0.353. The van der Waals surface area contributed by atoms with Crippen LogP contribution in [0.25, 0.3) is 0 Å². The zero-order valence-electron chi connectivity index (χ0n) is 10.2. The molecule has 1 heterocycles. The van der Waals surface area contributed by atoms with Crippen LogP contribution in [-0.2, 0) is 6.54 Å². The van der Waals surface area contributed by atoms with Gasteiger partial charge in [-0.2, -0.15) is 0 Å². The van der Waals surface area contributed by atoms with Crippen molar-refractivity contribution in [1.29, 1.82) is 0 Å². The number of halogens is 1. The average Bonchev–Trinajstić information content (AvgIpc) is 2.28. The summed E-state index contributed by atoms with van der Waals surface area (Å²) in [5.41, 5.74) is 1.12. The van der Waals surface area contributed by atoms with Gasteiger partial charge in [0.1, 0.15) is 0 Å². The first-order valence-corrected chi connectivity index (χ1v) is 6.73. The molecule has 0 aromatic heterocycles. The maximum atomic E-state index is 10.8. The van der Waals surface area contributed by atoms with E-state index in [-0.39, 0.29) is 10.6 Å².